The van der Waals surface area contributed by atoms with Crippen LogP contribution in [0.5, 0.6) is 0 Å². The number of aryl methyl sites for hydroxylation is 2. The van der Waals surface area contributed by atoms with Gasteiger partial charge in [0.2, 0.25) is 0 Å². The minimum Gasteiger partial charge on any atom is -0.351 e. The molecule has 0 bridgehead atoms. The van der Waals surface area contributed by atoms with Gasteiger partial charge in [-0.3, -0.25) is 9.69 Å². The summed E-state index contributed by atoms with van der Waals surface area (Å²) in [6.45, 7) is 10.4. The first-order valence-corrected chi connectivity index (χ1v) is 8.14. The maximum absolute atomic E-state index is 12.2. The minimum atomic E-state index is 0.0529. The summed E-state index contributed by atoms with van der Waals surface area (Å²) in [6, 6.07) is 7.15. The largest absolute Gasteiger partial charge is 0.351 e. The molecule has 0 aromatic heterocycles. The van der Waals surface area contributed by atoms with Gasteiger partial charge in [-0.15, -0.1) is 0 Å². The van der Waals surface area contributed by atoms with Crippen LogP contribution in [0.2, 0.25) is 0 Å². The van der Waals surface area contributed by atoms with Gasteiger partial charge in [0.05, 0.1) is 0 Å². The van der Waals surface area contributed by atoms with Crippen LogP contribution in [0.25, 0.3) is 0 Å². The lowest BCUT2D eigenvalue weighted by atomic mass is 10.1. The van der Waals surface area contributed by atoms with Gasteiger partial charge in [-0.1, -0.05) is 6.07 Å². The van der Waals surface area contributed by atoms with E-state index in [1.807, 2.05) is 6.07 Å². The Bertz CT molecular complexity index is 486. The smallest absolute Gasteiger partial charge is 0.251 e. The second kappa shape index (κ2) is 7.08. The lowest BCUT2D eigenvalue weighted by Crippen LogP contribution is -2.42. The van der Waals surface area contributed by atoms with Gasteiger partial charge < -0.3 is 5.32 Å². The van der Waals surface area contributed by atoms with E-state index in [4.69, 9.17) is 0 Å². The summed E-state index contributed by atoms with van der Waals surface area (Å²) in [5.41, 5.74) is 3.57. The Morgan fingerprint density at radius 2 is 1.81 bits per heavy atom. The maximum atomic E-state index is 12.2. The summed E-state index contributed by atoms with van der Waals surface area (Å²) in [5, 5.41) is 3.05. The van der Waals surface area contributed by atoms with Crippen LogP contribution in [0.4, 0.5) is 0 Å². The quantitative estimate of drug-likeness (QED) is 0.872. The fourth-order valence-electron chi connectivity index (χ4n) is 3.23. The van der Waals surface area contributed by atoms with Crippen molar-refractivity contribution in [3.8, 4) is 0 Å². The van der Waals surface area contributed by atoms with Gasteiger partial charge in [0, 0.05) is 30.7 Å². The fraction of sp³-hybridized carbons (Fsp3) is 0.611. The standard InChI is InChI=1S/C18H28N2O/c1-13(2)20(14(3)4)11-10-19-18(21)17-9-8-15-6-5-7-16(15)12-17/h8-9,12-14H,5-7,10-11H2,1-4H3,(H,19,21). The van der Waals surface area contributed by atoms with E-state index in [0.29, 0.717) is 18.6 Å². The Kier molecular flexibility index (Phi) is 5.40. The van der Waals surface area contributed by atoms with Gasteiger partial charge in [0.1, 0.15) is 0 Å². The lowest BCUT2D eigenvalue weighted by Gasteiger charge is -2.30. The molecule has 116 valence electrons. The number of carbonyl (C=O) groups is 1. The molecule has 2 rings (SSSR count). The van der Waals surface area contributed by atoms with Crippen LogP contribution in [0.1, 0.15) is 55.6 Å². The van der Waals surface area contributed by atoms with E-state index in [-0.39, 0.29) is 5.91 Å². The molecule has 0 aliphatic heterocycles. The molecule has 3 nitrogen and oxygen atoms in total. The highest BCUT2D eigenvalue weighted by Crippen LogP contribution is 2.22. The highest BCUT2D eigenvalue weighted by molar-refractivity contribution is 5.94. The average Bonchev–Trinajstić information content (AvgIpc) is 2.89. The van der Waals surface area contributed by atoms with E-state index in [0.717, 1.165) is 24.9 Å². The zero-order valence-corrected chi connectivity index (χ0v) is 13.8. The number of carbonyl (C=O) groups excluding carboxylic acids is 1. The van der Waals surface area contributed by atoms with Crippen LogP contribution < -0.4 is 5.32 Å². The van der Waals surface area contributed by atoms with Gasteiger partial charge in [-0.25, -0.2) is 0 Å². The van der Waals surface area contributed by atoms with Crippen LogP contribution in [-0.2, 0) is 12.8 Å². The second-order valence-corrected chi connectivity index (χ2v) is 6.52. The minimum absolute atomic E-state index is 0.0529. The summed E-state index contributed by atoms with van der Waals surface area (Å²) in [7, 11) is 0. The molecule has 1 aliphatic rings. The van der Waals surface area contributed by atoms with Crippen LogP contribution in [0.15, 0.2) is 18.2 Å². The fourth-order valence-corrected chi connectivity index (χ4v) is 3.23. The predicted octanol–water partition coefficient (Wildman–Crippen LogP) is 3.02. The van der Waals surface area contributed by atoms with E-state index in [9.17, 15) is 4.79 Å². The van der Waals surface area contributed by atoms with Gasteiger partial charge in [0.15, 0.2) is 0 Å². The van der Waals surface area contributed by atoms with E-state index in [1.165, 1.54) is 17.5 Å². The van der Waals surface area contributed by atoms with Crippen LogP contribution >= 0.6 is 0 Å². The molecule has 0 spiro atoms. The predicted molar refractivity (Wildman–Crippen MR) is 87.8 cm³/mol. The zero-order valence-electron chi connectivity index (χ0n) is 13.8. The molecular weight excluding hydrogens is 260 g/mol. The van der Waals surface area contributed by atoms with Crippen molar-refractivity contribution in [1.82, 2.24) is 10.2 Å². The molecule has 1 N–H and O–H groups in total. The Morgan fingerprint density at radius 1 is 1.14 bits per heavy atom. The molecule has 1 aromatic rings. The van der Waals surface area contributed by atoms with Gasteiger partial charge in [0.25, 0.3) is 5.91 Å². The molecule has 0 radical (unpaired) electrons. The monoisotopic (exact) mass is 288 g/mol. The summed E-state index contributed by atoms with van der Waals surface area (Å²) < 4.78 is 0. The Hall–Kier alpha value is -1.35. The molecule has 3 heteroatoms. The van der Waals surface area contributed by atoms with E-state index >= 15 is 0 Å². The third kappa shape index (κ3) is 4.07. The normalized spacial score (nSPS) is 14.0. The number of nitrogens with zero attached hydrogens (tertiary/aromatic N) is 1. The highest BCUT2D eigenvalue weighted by Gasteiger charge is 2.15. The third-order valence-electron chi connectivity index (χ3n) is 4.34. The third-order valence-corrected chi connectivity index (χ3v) is 4.34. The van der Waals surface area contributed by atoms with Crippen molar-refractivity contribution in [1.29, 1.82) is 0 Å². The van der Waals surface area contributed by atoms with E-state index < -0.39 is 0 Å². The molecule has 0 fully saturated rings. The number of benzene rings is 1. The maximum Gasteiger partial charge on any atom is 0.251 e. The first kappa shape index (κ1) is 16.0. The van der Waals surface area contributed by atoms with Crippen LogP contribution in [-0.4, -0.2) is 36.0 Å². The van der Waals surface area contributed by atoms with E-state index in [2.05, 4.69) is 50.0 Å². The van der Waals surface area contributed by atoms with Gasteiger partial charge in [-0.2, -0.15) is 0 Å². The van der Waals surface area contributed by atoms with Crippen molar-refractivity contribution in [2.24, 2.45) is 0 Å². The van der Waals surface area contributed by atoms with Gasteiger partial charge >= 0.3 is 0 Å². The van der Waals surface area contributed by atoms with Crippen LogP contribution in [0.3, 0.4) is 0 Å². The highest BCUT2D eigenvalue weighted by atomic mass is 16.1. The molecule has 0 unspecified atom stereocenters. The molecule has 0 heterocycles. The first-order chi connectivity index (χ1) is 9.99. The summed E-state index contributed by atoms with van der Waals surface area (Å²) in [4.78, 5) is 14.6. The van der Waals surface area contributed by atoms with Crippen molar-refractivity contribution in [2.75, 3.05) is 13.1 Å². The summed E-state index contributed by atoms with van der Waals surface area (Å²) >= 11 is 0. The molecule has 0 atom stereocenters. The molecule has 1 aliphatic carbocycles. The Balaban J connectivity index is 1.87. The Morgan fingerprint density at radius 3 is 2.48 bits per heavy atom. The van der Waals surface area contributed by atoms with E-state index in [1.54, 1.807) is 0 Å². The number of fused-ring (bicyclic) bond motifs is 1. The van der Waals surface area contributed by atoms with Crippen molar-refractivity contribution < 1.29 is 4.79 Å². The van der Waals surface area contributed by atoms with Gasteiger partial charge in [-0.05, 0) is 70.2 Å². The Labute approximate surface area is 128 Å². The molecule has 0 saturated heterocycles. The van der Waals surface area contributed by atoms with Crippen molar-refractivity contribution in [2.45, 2.75) is 59.0 Å². The number of hydrogen-bond acceptors (Lipinski definition) is 2. The van der Waals surface area contributed by atoms with Crippen LogP contribution in [0, 0.1) is 0 Å². The topological polar surface area (TPSA) is 32.3 Å². The molecular formula is C18H28N2O. The van der Waals surface area contributed by atoms with Crippen molar-refractivity contribution >= 4 is 5.91 Å². The molecule has 21 heavy (non-hydrogen) atoms. The molecule has 0 saturated carbocycles. The first-order valence-electron chi connectivity index (χ1n) is 8.14. The number of hydrogen-bond donors (Lipinski definition) is 1. The summed E-state index contributed by atoms with van der Waals surface area (Å²) in [6.07, 6.45) is 3.50. The molecule has 1 amide bonds. The molecule has 1 aromatic carbocycles. The number of rotatable bonds is 6. The van der Waals surface area contributed by atoms with Crippen molar-refractivity contribution in [3.63, 3.8) is 0 Å². The van der Waals surface area contributed by atoms with Crippen molar-refractivity contribution in [3.05, 3.63) is 34.9 Å². The second-order valence-electron chi connectivity index (χ2n) is 6.52. The SMILES string of the molecule is CC(C)N(CCNC(=O)c1ccc2c(c1)CCC2)C(C)C. The lowest BCUT2D eigenvalue weighted by molar-refractivity contribution is 0.0939. The average molecular weight is 288 g/mol. The zero-order chi connectivity index (χ0) is 15.4. The number of amides is 1. The number of nitrogens with one attached hydrogen (secondary N) is 1. The summed E-state index contributed by atoms with van der Waals surface area (Å²) in [5.74, 6) is 0.0529.